The Bertz CT molecular complexity index is 1340. The van der Waals surface area contributed by atoms with E-state index in [0.29, 0.717) is 18.5 Å². The highest BCUT2D eigenvalue weighted by Gasteiger charge is 2.08. The van der Waals surface area contributed by atoms with Crippen LogP contribution in [0.5, 0.6) is 0 Å². The fourth-order valence-corrected chi connectivity index (χ4v) is 3.82. The maximum atomic E-state index is 12.3. The summed E-state index contributed by atoms with van der Waals surface area (Å²) in [6.45, 7) is 4.74. The summed E-state index contributed by atoms with van der Waals surface area (Å²) in [5.74, 6) is -0.144. The first-order valence-electron chi connectivity index (χ1n) is 10.5. The van der Waals surface area contributed by atoms with E-state index in [1.54, 1.807) is 6.21 Å². The Kier molecular flexibility index (Phi) is 6.14. The van der Waals surface area contributed by atoms with Crippen LogP contribution in [-0.2, 0) is 17.8 Å². The van der Waals surface area contributed by atoms with Gasteiger partial charge in [0.05, 0.1) is 24.3 Å². The molecule has 4 rings (SSSR count). The second kappa shape index (κ2) is 9.32. The first-order chi connectivity index (χ1) is 15.5. The second-order valence-corrected chi connectivity index (χ2v) is 7.94. The largest absolute Gasteiger partial charge is 0.342 e. The molecule has 0 aliphatic rings. The number of amides is 1. The number of hydrazone groups is 1. The summed E-state index contributed by atoms with van der Waals surface area (Å²) in [6.07, 6.45) is 4.02. The van der Waals surface area contributed by atoms with Gasteiger partial charge in [-0.3, -0.25) is 4.79 Å². The molecule has 0 saturated carbocycles. The monoisotopic (exact) mass is 420 g/mol. The number of carbonyl (C=O) groups excluding carboxylic acids is 1. The van der Waals surface area contributed by atoms with Crippen LogP contribution in [0, 0.1) is 25.2 Å². The molecular formula is C27H24N4O. The van der Waals surface area contributed by atoms with E-state index in [0.717, 1.165) is 33.2 Å². The van der Waals surface area contributed by atoms with E-state index in [1.165, 1.54) is 5.56 Å². The Morgan fingerprint density at radius 1 is 1.09 bits per heavy atom. The van der Waals surface area contributed by atoms with Crippen LogP contribution < -0.4 is 5.43 Å². The lowest BCUT2D eigenvalue weighted by molar-refractivity contribution is -0.120. The summed E-state index contributed by atoms with van der Waals surface area (Å²) < 4.78 is 2.15. The van der Waals surface area contributed by atoms with Gasteiger partial charge in [-0.1, -0.05) is 54.1 Å². The molecule has 0 aliphatic carbocycles. The average molecular weight is 421 g/mol. The highest BCUT2D eigenvalue weighted by molar-refractivity contribution is 5.99. The molecule has 158 valence electrons. The lowest BCUT2D eigenvalue weighted by atomic mass is 10.0. The fourth-order valence-electron chi connectivity index (χ4n) is 3.82. The van der Waals surface area contributed by atoms with E-state index in [9.17, 15) is 4.79 Å². The number of fused-ring (bicyclic) bond motifs is 1. The van der Waals surface area contributed by atoms with Crippen LogP contribution in [0.3, 0.4) is 0 Å². The molecule has 5 heteroatoms. The number of nitriles is 1. The summed E-state index contributed by atoms with van der Waals surface area (Å²) in [5, 5.41) is 14.3. The fraction of sp³-hybridized carbons (Fsp3) is 0.148. The van der Waals surface area contributed by atoms with Crippen molar-refractivity contribution >= 4 is 23.0 Å². The summed E-state index contributed by atoms with van der Waals surface area (Å²) in [7, 11) is 0. The Morgan fingerprint density at radius 3 is 2.62 bits per heavy atom. The molecule has 32 heavy (non-hydrogen) atoms. The summed E-state index contributed by atoms with van der Waals surface area (Å²) in [6, 6.07) is 23.9. The zero-order valence-corrected chi connectivity index (χ0v) is 18.2. The van der Waals surface area contributed by atoms with Crippen LogP contribution in [-0.4, -0.2) is 16.7 Å². The van der Waals surface area contributed by atoms with Crippen LogP contribution in [0.4, 0.5) is 0 Å². The molecular weight excluding hydrogens is 396 g/mol. The molecule has 0 atom stereocenters. The Balaban J connectivity index is 1.49. The molecule has 1 amide bonds. The van der Waals surface area contributed by atoms with Gasteiger partial charge < -0.3 is 4.57 Å². The predicted molar refractivity (Wildman–Crippen MR) is 128 cm³/mol. The second-order valence-electron chi connectivity index (χ2n) is 7.94. The van der Waals surface area contributed by atoms with Crippen LogP contribution in [0.15, 0.2) is 78.0 Å². The Hall–Kier alpha value is -4.17. The van der Waals surface area contributed by atoms with Crippen LogP contribution in [0.1, 0.15) is 33.4 Å². The van der Waals surface area contributed by atoms with Gasteiger partial charge in [-0.2, -0.15) is 10.4 Å². The maximum absolute atomic E-state index is 12.3. The third kappa shape index (κ3) is 4.76. The summed E-state index contributed by atoms with van der Waals surface area (Å²) in [5.41, 5.74) is 9.71. The SMILES string of the molecule is Cc1ccc(CC(=O)N/N=C\c2cn(Cc3ccc(C#N)cc3)c3ccccc23)c(C)c1. The van der Waals surface area contributed by atoms with E-state index in [1.807, 2.05) is 74.6 Å². The molecule has 3 aromatic carbocycles. The normalized spacial score (nSPS) is 11.0. The number of hydrogen-bond acceptors (Lipinski definition) is 3. The number of aromatic nitrogens is 1. The maximum Gasteiger partial charge on any atom is 0.244 e. The third-order valence-corrected chi connectivity index (χ3v) is 5.50. The zero-order valence-electron chi connectivity index (χ0n) is 18.2. The van der Waals surface area contributed by atoms with Gasteiger partial charge in [0.2, 0.25) is 5.91 Å². The van der Waals surface area contributed by atoms with Gasteiger partial charge in [-0.15, -0.1) is 0 Å². The molecule has 0 fully saturated rings. The van der Waals surface area contributed by atoms with E-state index in [2.05, 4.69) is 33.3 Å². The molecule has 0 unspecified atom stereocenters. The quantitative estimate of drug-likeness (QED) is 0.357. The molecule has 0 saturated heterocycles. The van der Waals surface area contributed by atoms with Gasteiger partial charge in [0.25, 0.3) is 0 Å². The molecule has 0 spiro atoms. The highest BCUT2D eigenvalue weighted by atomic mass is 16.2. The molecule has 1 N–H and O–H groups in total. The van der Waals surface area contributed by atoms with Crippen LogP contribution in [0.25, 0.3) is 10.9 Å². The number of carbonyl (C=O) groups is 1. The molecule has 0 bridgehead atoms. The molecule has 1 aromatic heterocycles. The van der Waals surface area contributed by atoms with Crippen molar-refractivity contribution in [3.8, 4) is 6.07 Å². The van der Waals surface area contributed by atoms with Crippen LogP contribution in [0.2, 0.25) is 0 Å². The first kappa shape index (κ1) is 21.1. The molecule has 1 heterocycles. The van der Waals surface area contributed by atoms with Crippen molar-refractivity contribution < 1.29 is 4.79 Å². The lowest BCUT2D eigenvalue weighted by Gasteiger charge is -2.05. The number of rotatable bonds is 6. The smallest absolute Gasteiger partial charge is 0.244 e. The predicted octanol–water partition coefficient (Wildman–Crippen LogP) is 4.87. The van der Waals surface area contributed by atoms with Gasteiger partial charge in [-0.25, -0.2) is 5.43 Å². The third-order valence-electron chi connectivity index (χ3n) is 5.50. The summed E-state index contributed by atoms with van der Waals surface area (Å²) >= 11 is 0. The molecule has 0 aliphatic heterocycles. The number of hydrogen-bond donors (Lipinski definition) is 1. The standard InChI is InChI=1S/C27H24N4O/c1-19-7-12-23(20(2)13-19)14-27(32)30-29-16-24-18-31(26-6-4-3-5-25(24)26)17-22-10-8-21(15-28)9-11-22/h3-13,16,18H,14,17H2,1-2H3,(H,30,32)/b29-16-. The van der Waals surface area contributed by atoms with Crippen molar-refractivity contribution in [1.29, 1.82) is 5.26 Å². The number of nitrogens with zero attached hydrogens (tertiary/aromatic N) is 3. The zero-order chi connectivity index (χ0) is 22.5. The minimum absolute atomic E-state index is 0.144. The Labute approximate surface area is 187 Å². The average Bonchev–Trinajstić information content (AvgIpc) is 3.14. The molecule has 0 radical (unpaired) electrons. The minimum atomic E-state index is -0.144. The van der Waals surface area contributed by atoms with Gasteiger partial charge in [0, 0.05) is 29.2 Å². The van der Waals surface area contributed by atoms with E-state index >= 15 is 0 Å². The van der Waals surface area contributed by atoms with Crippen LogP contribution >= 0.6 is 0 Å². The number of aryl methyl sites for hydroxylation is 2. The highest BCUT2D eigenvalue weighted by Crippen LogP contribution is 2.21. The summed E-state index contributed by atoms with van der Waals surface area (Å²) in [4.78, 5) is 12.3. The lowest BCUT2D eigenvalue weighted by Crippen LogP contribution is -2.20. The van der Waals surface area contributed by atoms with Crippen molar-refractivity contribution in [1.82, 2.24) is 9.99 Å². The first-order valence-corrected chi connectivity index (χ1v) is 10.5. The number of para-hydroxylation sites is 1. The minimum Gasteiger partial charge on any atom is -0.342 e. The van der Waals surface area contributed by atoms with E-state index < -0.39 is 0 Å². The topological polar surface area (TPSA) is 70.2 Å². The molecule has 4 aromatic rings. The van der Waals surface area contributed by atoms with Gasteiger partial charge >= 0.3 is 0 Å². The van der Waals surface area contributed by atoms with Crippen molar-refractivity contribution in [2.24, 2.45) is 5.10 Å². The Morgan fingerprint density at radius 2 is 1.88 bits per heavy atom. The molecule has 5 nitrogen and oxygen atoms in total. The van der Waals surface area contributed by atoms with E-state index in [4.69, 9.17) is 5.26 Å². The van der Waals surface area contributed by atoms with Gasteiger partial charge in [-0.05, 0) is 48.7 Å². The van der Waals surface area contributed by atoms with Crippen molar-refractivity contribution in [3.05, 3.63) is 106 Å². The van der Waals surface area contributed by atoms with E-state index in [-0.39, 0.29) is 5.91 Å². The van der Waals surface area contributed by atoms with Gasteiger partial charge in [0.1, 0.15) is 0 Å². The van der Waals surface area contributed by atoms with Crippen molar-refractivity contribution in [2.45, 2.75) is 26.8 Å². The van der Waals surface area contributed by atoms with Gasteiger partial charge in [0.15, 0.2) is 0 Å². The number of benzene rings is 3. The van der Waals surface area contributed by atoms with Crippen molar-refractivity contribution in [2.75, 3.05) is 0 Å². The van der Waals surface area contributed by atoms with Crippen molar-refractivity contribution in [3.63, 3.8) is 0 Å². The number of nitrogens with one attached hydrogen (secondary N) is 1.